The Kier molecular flexibility index (Phi) is 4.61. The van der Waals surface area contributed by atoms with Gasteiger partial charge < -0.3 is 4.74 Å². The van der Waals surface area contributed by atoms with Gasteiger partial charge in [-0.05, 0) is 12.5 Å². The summed E-state index contributed by atoms with van der Waals surface area (Å²) in [4.78, 5) is 4.21. The van der Waals surface area contributed by atoms with Crippen LogP contribution in [0.4, 0.5) is 0 Å². The fourth-order valence-electron chi connectivity index (χ4n) is 0.933. The summed E-state index contributed by atoms with van der Waals surface area (Å²) in [6.45, 7) is 2.86. The first-order valence-corrected chi connectivity index (χ1v) is 5.05. The number of aromatic nitrogens is 1. The summed E-state index contributed by atoms with van der Waals surface area (Å²) < 4.78 is 5.42. The Hall–Kier alpha value is -0.760. The lowest BCUT2D eigenvalue weighted by Crippen LogP contribution is -1.99. The van der Waals surface area contributed by atoms with Gasteiger partial charge in [0, 0.05) is 6.07 Å². The molecule has 0 saturated heterocycles. The van der Waals surface area contributed by atoms with E-state index >= 15 is 0 Å². The van der Waals surface area contributed by atoms with Crippen LogP contribution >= 0.6 is 11.6 Å². The number of hydrogen-bond donors (Lipinski definition) is 0. The molecule has 1 aromatic rings. The lowest BCUT2D eigenvalue weighted by atomic mass is 10.3. The molecule has 0 bridgehead atoms. The number of alkyl halides is 1. The normalized spacial score (nSPS) is 10.0. The Morgan fingerprint density at radius 1 is 1.46 bits per heavy atom. The number of hydrogen-bond acceptors (Lipinski definition) is 2. The SMILES string of the molecule is CCCCOc1cccc(CCl)n1. The number of unbranched alkanes of at least 4 members (excludes halogenated alkanes) is 1. The standard InChI is InChI=1S/C10H14ClNO/c1-2-3-7-13-10-6-4-5-9(8-11)12-10/h4-6H,2-3,7-8H2,1H3. The van der Waals surface area contributed by atoms with E-state index < -0.39 is 0 Å². The van der Waals surface area contributed by atoms with Gasteiger partial charge in [0.15, 0.2) is 0 Å². The minimum atomic E-state index is 0.435. The van der Waals surface area contributed by atoms with Crippen molar-refractivity contribution in [1.82, 2.24) is 4.98 Å². The average molecular weight is 200 g/mol. The third kappa shape index (κ3) is 3.64. The van der Waals surface area contributed by atoms with Crippen LogP contribution in [0, 0.1) is 0 Å². The molecule has 0 aliphatic heterocycles. The van der Waals surface area contributed by atoms with Crippen LogP contribution in [0.25, 0.3) is 0 Å². The molecule has 0 amide bonds. The number of pyridine rings is 1. The van der Waals surface area contributed by atoms with Crippen molar-refractivity contribution in [3.05, 3.63) is 23.9 Å². The monoisotopic (exact) mass is 199 g/mol. The highest BCUT2D eigenvalue weighted by Gasteiger charge is 1.96. The first-order valence-electron chi connectivity index (χ1n) is 4.51. The maximum Gasteiger partial charge on any atom is 0.213 e. The molecule has 72 valence electrons. The van der Waals surface area contributed by atoms with Crippen LogP contribution in [0.5, 0.6) is 5.88 Å². The van der Waals surface area contributed by atoms with Crippen LogP contribution in [-0.2, 0) is 5.88 Å². The van der Waals surface area contributed by atoms with Gasteiger partial charge in [0.05, 0.1) is 18.2 Å². The van der Waals surface area contributed by atoms with E-state index in [-0.39, 0.29) is 0 Å². The summed E-state index contributed by atoms with van der Waals surface area (Å²) in [7, 11) is 0. The van der Waals surface area contributed by atoms with E-state index in [9.17, 15) is 0 Å². The van der Waals surface area contributed by atoms with Crippen LogP contribution in [0.2, 0.25) is 0 Å². The molecule has 0 spiro atoms. The van der Waals surface area contributed by atoms with Gasteiger partial charge in [-0.3, -0.25) is 0 Å². The molecule has 1 rings (SSSR count). The van der Waals surface area contributed by atoms with Gasteiger partial charge in [-0.1, -0.05) is 19.4 Å². The molecular weight excluding hydrogens is 186 g/mol. The van der Waals surface area contributed by atoms with Crippen molar-refractivity contribution in [2.24, 2.45) is 0 Å². The van der Waals surface area contributed by atoms with E-state index in [1.54, 1.807) is 0 Å². The highest BCUT2D eigenvalue weighted by molar-refractivity contribution is 6.16. The van der Waals surface area contributed by atoms with Crippen molar-refractivity contribution < 1.29 is 4.74 Å². The van der Waals surface area contributed by atoms with Gasteiger partial charge in [0.25, 0.3) is 0 Å². The molecule has 0 fully saturated rings. The maximum atomic E-state index is 5.64. The van der Waals surface area contributed by atoms with E-state index in [0.29, 0.717) is 11.8 Å². The predicted molar refractivity (Wildman–Crippen MR) is 54.2 cm³/mol. The van der Waals surface area contributed by atoms with Crippen molar-refractivity contribution in [2.45, 2.75) is 25.6 Å². The minimum Gasteiger partial charge on any atom is -0.478 e. The fraction of sp³-hybridized carbons (Fsp3) is 0.500. The van der Waals surface area contributed by atoms with Gasteiger partial charge in [0.2, 0.25) is 5.88 Å². The van der Waals surface area contributed by atoms with Crippen LogP contribution in [0.1, 0.15) is 25.5 Å². The lowest BCUT2D eigenvalue weighted by molar-refractivity contribution is 0.297. The van der Waals surface area contributed by atoms with E-state index in [2.05, 4.69) is 11.9 Å². The molecule has 13 heavy (non-hydrogen) atoms. The lowest BCUT2D eigenvalue weighted by Gasteiger charge is -2.04. The van der Waals surface area contributed by atoms with E-state index in [1.165, 1.54) is 0 Å². The molecule has 0 saturated carbocycles. The zero-order valence-electron chi connectivity index (χ0n) is 7.79. The molecule has 0 aliphatic carbocycles. The van der Waals surface area contributed by atoms with Gasteiger partial charge in [0.1, 0.15) is 0 Å². The Bertz CT molecular complexity index is 252. The molecule has 0 aliphatic rings. The topological polar surface area (TPSA) is 22.1 Å². The molecule has 1 aromatic heterocycles. The average Bonchev–Trinajstić information content (AvgIpc) is 2.19. The second kappa shape index (κ2) is 5.81. The molecule has 0 atom stereocenters. The molecule has 0 aromatic carbocycles. The van der Waals surface area contributed by atoms with Crippen molar-refractivity contribution in [2.75, 3.05) is 6.61 Å². The van der Waals surface area contributed by atoms with Crippen LogP contribution in [0.15, 0.2) is 18.2 Å². The second-order valence-corrected chi connectivity index (χ2v) is 3.07. The number of halogens is 1. The summed E-state index contributed by atoms with van der Waals surface area (Å²) in [6.07, 6.45) is 2.20. The Morgan fingerprint density at radius 3 is 3.00 bits per heavy atom. The van der Waals surface area contributed by atoms with Gasteiger partial charge in [-0.25, -0.2) is 4.98 Å². The van der Waals surface area contributed by atoms with Gasteiger partial charge in [-0.2, -0.15) is 0 Å². The van der Waals surface area contributed by atoms with Crippen LogP contribution in [-0.4, -0.2) is 11.6 Å². The first-order chi connectivity index (χ1) is 6.36. The van der Waals surface area contributed by atoms with Crippen molar-refractivity contribution in [3.8, 4) is 5.88 Å². The van der Waals surface area contributed by atoms with Gasteiger partial charge in [-0.15, -0.1) is 11.6 Å². The predicted octanol–water partition coefficient (Wildman–Crippen LogP) is 3.00. The molecule has 3 heteroatoms. The third-order valence-electron chi connectivity index (χ3n) is 1.67. The van der Waals surface area contributed by atoms with Crippen molar-refractivity contribution >= 4 is 11.6 Å². The summed E-state index contributed by atoms with van der Waals surface area (Å²) in [5, 5.41) is 0. The Balaban J connectivity index is 2.46. The highest BCUT2D eigenvalue weighted by atomic mass is 35.5. The quantitative estimate of drug-likeness (QED) is 0.537. The maximum absolute atomic E-state index is 5.64. The zero-order valence-corrected chi connectivity index (χ0v) is 8.55. The third-order valence-corrected chi connectivity index (χ3v) is 1.94. The molecule has 2 nitrogen and oxygen atoms in total. The second-order valence-electron chi connectivity index (χ2n) is 2.80. The van der Waals surface area contributed by atoms with E-state index in [4.69, 9.17) is 16.3 Å². The fourth-order valence-corrected chi connectivity index (χ4v) is 1.08. The van der Waals surface area contributed by atoms with Crippen LogP contribution < -0.4 is 4.74 Å². The van der Waals surface area contributed by atoms with Crippen molar-refractivity contribution in [3.63, 3.8) is 0 Å². The highest BCUT2D eigenvalue weighted by Crippen LogP contribution is 2.09. The van der Waals surface area contributed by atoms with Gasteiger partial charge >= 0.3 is 0 Å². The summed E-state index contributed by atoms with van der Waals surface area (Å²) in [6, 6.07) is 5.65. The number of ether oxygens (including phenoxy) is 1. The van der Waals surface area contributed by atoms with E-state index in [0.717, 1.165) is 25.1 Å². The summed E-state index contributed by atoms with van der Waals surface area (Å²) in [5.74, 6) is 1.11. The molecule has 0 radical (unpaired) electrons. The molecule has 1 heterocycles. The molecule has 0 N–H and O–H groups in total. The molecule has 0 unspecified atom stereocenters. The number of nitrogens with zero attached hydrogens (tertiary/aromatic N) is 1. The smallest absolute Gasteiger partial charge is 0.213 e. The number of rotatable bonds is 5. The summed E-state index contributed by atoms with van der Waals surface area (Å²) in [5.41, 5.74) is 0.857. The van der Waals surface area contributed by atoms with Crippen molar-refractivity contribution in [1.29, 1.82) is 0 Å². The summed E-state index contributed by atoms with van der Waals surface area (Å²) >= 11 is 5.64. The zero-order chi connectivity index (χ0) is 9.52. The first kappa shape index (κ1) is 10.3. The molecular formula is C10H14ClNO. The van der Waals surface area contributed by atoms with E-state index in [1.807, 2.05) is 18.2 Å². The largest absolute Gasteiger partial charge is 0.478 e. The van der Waals surface area contributed by atoms with Crippen LogP contribution in [0.3, 0.4) is 0 Å². The minimum absolute atomic E-state index is 0.435. The Labute approximate surface area is 83.9 Å². The Morgan fingerprint density at radius 2 is 2.31 bits per heavy atom.